The topological polar surface area (TPSA) is 50.9 Å². The van der Waals surface area contributed by atoms with Gasteiger partial charge in [-0.25, -0.2) is 0 Å². The number of hydrogen-bond acceptors (Lipinski definition) is 4. The van der Waals surface area contributed by atoms with Crippen LogP contribution in [-0.2, 0) is 19.4 Å². The summed E-state index contributed by atoms with van der Waals surface area (Å²) in [4.78, 5) is 0. The lowest BCUT2D eigenvalue weighted by Crippen LogP contribution is -2.26. The van der Waals surface area contributed by atoms with Crippen LogP contribution in [0.25, 0.3) is 0 Å². The fraction of sp³-hybridized carbons (Fsp3) is 0.833. The highest BCUT2D eigenvalue weighted by Gasteiger charge is 2.23. The van der Waals surface area contributed by atoms with Gasteiger partial charge < -0.3 is 9.67 Å². The molecule has 1 saturated heterocycles. The molecule has 0 bridgehead atoms. The largest absolute Gasteiger partial charge is 0.391 e. The van der Waals surface area contributed by atoms with Crippen molar-refractivity contribution in [3.05, 3.63) is 11.6 Å². The molecule has 2 unspecified atom stereocenters. The maximum atomic E-state index is 9.72. The summed E-state index contributed by atoms with van der Waals surface area (Å²) in [6.07, 6.45) is 6.51. The average molecular weight is 253 g/mol. The van der Waals surface area contributed by atoms with Crippen molar-refractivity contribution in [1.82, 2.24) is 14.8 Å². The van der Waals surface area contributed by atoms with Crippen LogP contribution in [0, 0.1) is 0 Å². The van der Waals surface area contributed by atoms with Gasteiger partial charge in [0.1, 0.15) is 11.6 Å². The van der Waals surface area contributed by atoms with E-state index >= 15 is 0 Å². The van der Waals surface area contributed by atoms with Gasteiger partial charge in [0.05, 0.1) is 12.6 Å². The van der Waals surface area contributed by atoms with Crippen molar-refractivity contribution in [3.63, 3.8) is 0 Å². The molecule has 2 atom stereocenters. The predicted octanol–water partition coefficient (Wildman–Crippen LogP) is 1.41. The Bertz CT molecular complexity index is 387. The smallest absolute Gasteiger partial charge is 0.134 e. The van der Waals surface area contributed by atoms with Crippen molar-refractivity contribution >= 4 is 11.8 Å². The quantitative estimate of drug-likeness (QED) is 0.866. The van der Waals surface area contributed by atoms with Crippen LogP contribution in [0.5, 0.6) is 0 Å². The Balaban J connectivity index is 1.72. The molecule has 4 nitrogen and oxygen atoms in total. The minimum absolute atomic E-state index is 0.212. The first-order chi connectivity index (χ1) is 8.33. The standard InChI is InChI=1S/C12H19N3OS/c16-9-4-5-11-13-14-12(15(11)8-9)7-10-3-1-2-6-17-10/h9-10,16H,1-8H2. The normalized spacial score (nSPS) is 29.0. The second-order valence-electron chi connectivity index (χ2n) is 5.03. The highest BCUT2D eigenvalue weighted by molar-refractivity contribution is 7.99. The molecule has 3 heterocycles. The average Bonchev–Trinajstić information content (AvgIpc) is 2.73. The summed E-state index contributed by atoms with van der Waals surface area (Å²) < 4.78 is 2.14. The number of rotatable bonds is 2. The van der Waals surface area contributed by atoms with E-state index in [2.05, 4.69) is 26.5 Å². The van der Waals surface area contributed by atoms with Crippen LogP contribution in [0.4, 0.5) is 0 Å². The van der Waals surface area contributed by atoms with Gasteiger partial charge in [-0.15, -0.1) is 10.2 Å². The molecule has 0 saturated carbocycles. The molecule has 2 aliphatic rings. The number of aromatic nitrogens is 3. The Hall–Kier alpha value is -0.550. The summed E-state index contributed by atoms with van der Waals surface area (Å²) >= 11 is 2.07. The second-order valence-corrected chi connectivity index (χ2v) is 6.44. The molecule has 94 valence electrons. The zero-order valence-electron chi connectivity index (χ0n) is 10.0. The van der Waals surface area contributed by atoms with Gasteiger partial charge in [-0.3, -0.25) is 0 Å². The van der Waals surface area contributed by atoms with Crippen LogP contribution in [-0.4, -0.2) is 37.0 Å². The maximum Gasteiger partial charge on any atom is 0.134 e. The molecule has 2 aliphatic heterocycles. The van der Waals surface area contributed by atoms with E-state index in [0.29, 0.717) is 11.8 Å². The van der Waals surface area contributed by atoms with Gasteiger partial charge in [0.15, 0.2) is 0 Å². The Morgan fingerprint density at radius 1 is 1.29 bits per heavy atom. The van der Waals surface area contributed by atoms with Gasteiger partial charge in [0.25, 0.3) is 0 Å². The molecular formula is C12H19N3OS. The summed E-state index contributed by atoms with van der Waals surface area (Å²) in [5, 5.41) is 19.0. The Morgan fingerprint density at radius 3 is 3.06 bits per heavy atom. The number of fused-ring (bicyclic) bond motifs is 1. The number of nitrogens with zero attached hydrogens (tertiary/aromatic N) is 3. The molecule has 1 fully saturated rings. The van der Waals surface area contributed by atoms with Gasteiger partial charge in [-0.2, -0.15) is 11.8 Å². The third kappa shape index (κ3) is 2.50. The van der Waals surface area contributed by atoms with Crippen LogP contribution in [0.3, 0.4) is 0 Å². The number of aliphatic hydroxyl groups is 1. The molecule has 1 aromatic heterocycles. The van der Waals surface area contributed by atoms with Gasteiger partial charge in [-0.1, -0.05) is 6.42 Å². The number of aliphatic hydroxyl groups excluding tert-OH is 1. The third-order valence-electron chi connectivity index (χ3n) is 3.68. The zero-order valence-corrected chi connectivity index (χ0v) is 10.8. The predicted molar refractivity (Wildman–Crippen MR) is 68.2 cm³/mol. The van der Waals surface area contributed by atoms with Gasteiger partial charge in [0.2, 0.25) is 0 Å². The fourth-order valence-corrected chi connectivity index (χ4v) is 3.99. The molecular weight excluding hydrogens is 234 g/mol. The van der Waals surface area contributed by atoms with Gasteiger partial charge in [0, 0.05) is 18.1 Å². The second kappa shape index (κ2) is 4.98. The van der Waals surface area contributed by atoms with Crippen molar-refractivity contribution in [1.29, 1.82) is 0 Å². The maximum absolute atomic E-state index is 9.72. The summed E-state index contributed by atoms with van der Waals surface area (Å²) in [5.41, 5.74) is 0. The fourth-order valence-electron chi connectivity index (χ4n) is 2.69. The molecule has 17 heavy (non-hydrogen) atoms. The van der Waals surface area contributed by atoms with E-state index in [1.165, 1.54) is 25.0 Å². The van der Waals surface area contributed by atoms with E-state index in [4.69, 9.17) is 0 Å². The lowest BCUT2D eigenvalue weighted by molar-refractivity contribution is 0.129. The van der Waals surface area contributed by atoms with Crippen molar-refractivity contribution in [2.24, 2.45) is 0 Å². The highest BCUT2D eigenvalue weighted by atomic mass is 32.2. The summed E-state index contributed by atoms with van der Waals surface area (Å²) in [5.74, 6) is 3.43. The van der Waals surface area contributed by atoms with Crippen LogP contribution in [0.1, 0.15) is 37.3 Å². The summed E-state index contributed by atoms with van der Waals surface area (Å²) in [6.45, 7) is 0.690. The van der Waals surface area contributed by atoms with E-state index in [9.17, 15) is 5.11 Å². The molecule has 3 rings (SSSR count). The first-order valence-corrected chi connectivity index (χ1v) is 7.58. The van der Waals surface area contributed by atoms with Crippen molar-refractivity contribution < 1.29 is 5.11 Å². The minimum atomic E-state index is -0.212. The zero-order chi connectivity index (χ0) is 11.7. The third-order valence-corrected chi connectivity index (χ3v) is 5.08. The SMILES string of the molecule is OC1CCc2nnc(CC3CCCCS3)n2C1. The molecule has 0 spiro atoms. The van der Waals surface area contributed by atoms with E-state index in [-0.39, 0.29) is 6.10 Å². The first kappa shape index (κ1) is 11.5. The summed E-state index contributed by atoms with van der Waals surface area (Å²) in [7, 11) is 0. The number of hydrogen-bond donors (Lipinski definition) is 1. The Kier molecular flexibility index (Phi) is 3.38. The molecule has 5 heteroatoms. The molecule has 0 amide bonds. The van der Waals surface area contributed by atoms with Crippen LogP contribution >= 0.6 is 11.8 Å². The molecule has 0 aliphatic carbocycles. The monoisotopic (exact) mass is 253 g/mol. The van der Waals surface area contributed by atoms with Crippen molar-refractivity contribution in [3.8, 4) is 0 Å². The number of thioether (sulfide) groups is 1. The van der Waals surface area contributed by atoms with Crippen LogP contribution in [0.15, 0.2) is 0 Å². The van der Waals surface area contributed by atoms with Crippen LogP contribution < -0.4 is 0 Å². The van der Waals surface area contributed by atoms with Gasteiger partial charge >= 0.3 is 0 Å². The number of aryl methyl sites for hydroxylation is 1. The van der Waals surface area contributed by atoms with Crippen molar-refractivity contribution in [2.45, 2.75) is 56.4 Å². The Labute approximate surface area is 106 Å². The Morgan fingerprint density at radius 2 is 2.24 bits per heavy atom. The van der Waals surface area contributed by atoms with E-state index < -0.39 is 0 Å². The van der Waals surface area contributed by atoms with Gasteiger partial charge in [-0.05, 0) is 25.0 Å². The molecule has 1 N–H and O–H groups in total. The molecule has 1 aromatic rings. The summed E-state index contributed by atoms with van der Waals surface area (Å²) in [6, 6.07) is 0. The van der Waals surface area contributed by atoms with E-state index in [1.54, 1.807) is 0 Å². The van der Waals surface area contributed by atoms with Crippen molar-refractivity contribution in [2.75, 3.05) is 5.75 Å². The lowest BCUT2D eigenvalue weighted by Gasteiger charge is -2.23. The lowest BCUT2D eigenvalue weighted by atomic mass is 10.1. The first-order valence-electron chi connectivity index (χ1n) is 6.53. The highest BCUT2D eigenvalue weighted by Crippen LogP contribution is 2.28. The molecule has 0 radical (unpaired) electrons. The molecule has 0 aromatic carbocycles. The minimum Gasteiger partial charge on any atom is -0.391 e. The van der Waals surface area contributed by atoms with Crippen LogP contribution in [0.2, 0.25) is 0 Å². The van der Waals surface area contributed by atoms with E-state index in [1.807, 2.05) is 0 Å². The van der Waals surface area contributed by atoms with E-state index in [0.717, 1.165) is 30.9 Å².